The van der Waals surface area contributed by atoms with Crippen molar-refractivity contribution in [1.82, 2.24) is 14.4 Å². The quantitative estimate of drug-likeness (QED) is 0.623. The monoisotopic (exact) mass is 408 g/mol. The normalized spacial score (nSPS) is 19.0. The summed E-state index contributed by atoms with van der Waals surface area (Å²) in [6.45, 7) is -6.16. The topological polar surface area (TPSA) is 85.5 Å². The van der Waals surface area contributed by atoms with E-state index in [0.717, 1.165) is 4.31 Å². The van der Waals surface area contributed by atoms with Crippen LogP contribution in [0.15, 0.2) is 57.9 Å². The lowest BCUT2D eigenvalue weighted by atomic mass is 10.0. The van der Waals surface area contributed by atoms with Gasteiger partial charge in [-0.25, -0.2) is 12.8 Å². The van der Waals surface area contributed by atoms with E-state index in [2.05, 4.69) is 10.1 Å². The number of hydrogen-bond donors (Lipinski definition) is 0. The summed E-state index contributed by atoms with van der Waals surface area (Å²) < 4.78 is 87.7. The predicted molar refractivity (Wildman–Crippen MR) is 98.8 cm³/mol. The van der Waals surface area contributed by atoms with Crippen molar-refractivity contribution in [3.8, 4) is 17.1 Å². The van der Waals surface area contributed by atoms with Crippen LogP contribution in [0.5, 0.6) is 5.75 Å². The fourth-order valence-electron chi connectivity index (χ4n) is 2.85. The predicted octanol–water partition coefficient (Wildman–Crippen LogP) is 3.06. The van der Waals surface area contributed by atoms with Gasteiger partial charge in [-0.3, -0.25) is 0 Å². The van der Waals surface area contributed by atoms with E-state index in [1.54, 1.807) is 0 Å². The van der Waals surface area contributed by atoms with E-state index in [4.69, 9.17) is 16.1 Å². The van der Waals surface area contributed by atoms with Gasteiger partial charge in [-0.2, -0.15) is 9.29 Å². The Bertz CT molecular complexity index is 1260. The van der Waals surface area contributed by atoms with E-state index >= 15 is 0 Å². The van der Waals surface area contributed by atoms with Crippen LogP contribution in [0.1, 0.15) is 25.5 Å². The van der Waals surface area contributed by atoms with Crippen molar-refractivity contribution < 1.29 is 28.9 Å². The van der Waals surface area contributed by atoms with Crippen LogP contribution in [-0.2, 0) is 10.0 Å². The van der Waals surface area contributed by atoms with Gasteiger partial charge in [0, 0.05) is 22.8 Å². The first-order chi connectivity index (χ1) is 15.4. The van der Waals surface area contributed by atoms with E-state index in [9.17, 15) is 12.8 Å². The molecular formula is C19H18FN3O4S. The van der Waals surface area contributed by atoms with Gasteiger partial charge in [0.1, 0.15) is 16.5 Å². The number of benzene rings is 2. The molecule has 0 atom stereocenters. The Kier molecular flexibility index (Phi) is 3.51. The fourth-order valence-corrected chi connectivity index (χ4v) is 4.49. The number of nitrogens with zero attached hydrogens (tertiary/aromatic N) is 3. The molecule has 0 unspecified atom stereocenters. The maximum atomic E-state index is 13.1. The number of rotatable bonds is 6. The van der Waals surface area contributed by atoms with Crippen molar-refractivity contribution in [1.29, 1.82) is 0 Å². The highest BCUT2D eigenvalue weighted by molar-refractivity contribution is 7.89. The third-order valence-corrected chi connectivity index (χ3v) is 6.24. The SMILES string of the molecule is [2H]C([2H])([2H])C([2H])([2H])Oc1ccccc1S(=O)(=O)N1CC(c2nc(-c3ccc(F)cc3)no2)C1. The molecule has 9 heteroatoms. The largest absolute Gasteiger partial charge is 0.492 e. The number of halogens is 1. The Morgan fingerprint density at radius 3 is 2.79 bits per heavy atom. The molecule has 1 saturated heterocycles. The molecule has 0 spiro atoms. The third kappa shape index (κ3) is 3.38. The van der Waals surface area contributed by atoms with Crippen molar-refractivity contribution in [2.75, 3.05) is 19.6 Å². The number of hydrogen-bond acceptors (Lipinski definition) is 6. The van der Waals surface area contributed by atoms with Crippen LogP contribution in [0.25, 0.3) is 11.4 Å². The molecule has 0 aliphatic carbocycles. The molecule has 1 aliphatic heterocycles. The van der Waals surface area contributed by atoms with Gasteiger partial charge in [-0.15, -0.1) is 0 Å². The van der Waals surface area contributed by atoms with Gasteiger partial charge >= 0.3 is 0 Å². The van der Waals surface area contributed by atoms with Gasteiger partial charge in [0.15, 0.2) is 0 Å². The van der Waals surface area contributed by atoms with E-state index in [0.29, 0.717) is 5.56 Å². The average molecular weight is 408 g/mol. The zero-order valence-electron chi connectivity index (χ0n) is 19.4. The Balaban J connectivity index is 1.50. The van der Waals surface area contributed by atoms with Crippen LogP contribution in [0.4, 0.5) is 4.39 Å². The molecule has 1 aromatic heterocycles. The first-order valence-electron chi connectivity index (χ1n) is 10.8. The van der Waals surface area contributed by atoms with Crippen LogP contribution < -0.4 is 4.74 Å². The number of sulfonamides is 1. The minimum absolute atomic E-state index is 0.0217. The highest BCUT2D eigenvalue weighted by Crippen LogP contribution is 2.35. The lowest BCUT2D eigenvalue weighted by molar-refractivity contribution is 0.216. The van der Waals surface area contributed by atoms with Crippen LogP contribution in [0, 0.1) is 5.82 Å². The van der Waals surface area contributed by atoms with Crippen molar-refractivity contribution in [3.05, 3.63) is 60.2 Å². The molecule has 2 aromatic carbocycles. The second-order valence-corrected chi connectivity index (χ2v) is 8.04. The van der Waals surface area contributed by atoms with Gasteiger partial charge in [0.2, 0.25) is 21.7 Å². The van der Waals surface area contributed by atoms with E-state index in [1.807, 2.05) is 0 Å². The molecule has 28 heavy (non-hydrogen) atoms. The van der Waals surface area contributed by atoms with Crippen LogP contribution >= 0.6 is 0 Å². The highest BCUT2D eigenvalue weighted by Gasteiger charge is 2.41. The summed E-state index contributed by atoms with van der Waals surface area (Å²) in [5.41, 5.74) is 0.546. The standard InChI is InChI=1S/C19H18FN3O4S/c1-2-26-16-5-3-4-6-17(16)28(24,25)23-11-14(12-23)19-21-18(22-27-19)13-7-9-15(20)10-8-13/h3-10,14H,2,11-12H2,1H3/i1D3,2D2. The van der Waals surface area contributed by atoms with Crippen molar-refractivity contribution in [2.45, 2.75) is 17.7 Å². The van der Waals surface area contributed by atoms with Gasteiger partial charge in [0.05, 0.1) is 15.2 Å². The highest BCUT2D eigenvalue weighted by atomic mass is 32.2. The first kappa shape index (κ1) is 13.4. The molecule has 0 saturated carbocycles. The molecule has 0 radical (unpaired) electrons. The zero-order chi connectivity index (χ0) is 24.0. The molecule has 0 N–H and O–H groups in total. The Morgan fingerprint density at radius 1 is 1.29 bits per heavy atom. The molecule has 146 valence electrons. The molecule has 4 rings (SSSR count). The van der Waals surface area contributed by atoms with Crippen molar-refractivity contribution >= 4 is 10.0 Å². The molecule has 2 heterocycles. The number of ether oxygens (including phenoxy) is 1. The van der Waals surface area contributed by atoms with E-state index < -0.39 is 35.0 Å². The van der Waals surface area contributed by atoms with Gasteiger partial charge < -0.3 is 9.26 Å². The molecular weight excluding hydrogens is 385 g/mol. The second-order valence-electron chi connectivity index (χ2n) is 6.13. The number of aromatic nitrogens is 2. The Morgan fingerprint density at radius 2 is 2.04 bits per heavy atom. The fraction of sp³-hybridized carbons (Fsp3) is 0.263. The lowest BCUT2D eigenvalue weighted by Gasteiger charge is -2.36. The smallest absolute Gasteiger partial charge is 0.246 e. The second kappa shape index (κ2) is 7.33. The molecule has 1 aliphatic rings. The average Bonchev–Trinajstić information content (AvgIpc) is 3.16. The molecule has 7 nitrogen and oxygen atoms in total. The molecule has 0 amide bonds. The minimum Gasteiger partial charge on any atom is -0.492 e. The summed E-state index contributed by atoms with van der Waals surface area (Å²) in [6, 6.07) is 10.8. The summed E-state index contributed by atoms with van der Waals surface area (Å²) in [7, 11) is -4.12. The van der Waals surface area contributed by atoms with Crippen LogP contribution in [0.2, 0.25) is 0 Å². The van der Waals surface area contributed by atoms with Gasteiger partial charge in [-0.1, -0.05) is 17.3 Å². The summed E-state index contributed by atoms with van der Waals surface area (Å²) in [5.74, 6) is -0.707. The Labute approximate surface area is 168 Å². The van der Waals surface area contributed by atoms with Gasteiger partial charge in [-0.05, 0) is 43.3 Å². The minimum atomic E-state index is -4.12. The van der Waals surface area contributed by atoms with Crippen LogP contribution in [0.3, 0.4) is 0 Å². The summed E-state index contributed by atoms with van der Waals surface area (Å²) >= 11 is 0. The zero-order valence-corrected chi connectivity index (χ0v) is 15.2. The third-order valence-electron chi connectivity index (χ3n) is 4.37. The maximum absolute atomic E-state index is 13.1. The molecule has 0 bridgehead atoms. The van der Waals surface area contributed by atoms with E-state index in [-0.39, 0.29) is 35.6 Å². The van der Waals surface area contributed by atoms with Crippen molar-refractivity contribution in [2.24, 2.45) is 0 Å². The molecule has 3 aromatic rings. The van der Waals surface area contributed by atoms with E-state index in [1.165, 1.54) is 48.5 Å². The molecule has 1 fully saturated rings. The summed E-state index contributed by atoms with van der Waals surface area (Å²) in [6.07, 6.45) is 0. The lowest BCUT2D eigenvalue weighted by Crippen LogP contribution is -2.48. The summed E-state index contributed by atoms with van der Waals surface area (Å²) in [5, 5.41) is 3.85. The Hall–Kier alpha value is -2.78. The van der Waals surface area contributed by atoms with Crippen LogP contribution in [-0.4, -0.2) is 42.5 Å². The first-order valence-corrected chi connectivity index (χ1v) is 9.70. The van der Waals surface area contributed by atoms with Gasteiger partial charge in [0.25, 0.3) is 0 Å². The van der Waals surface area contributed by atoms with Crippen molar-refractivity contribution in [3.63, 3.8) is 0 Å². The number of para-hydroxylation sites is 1. The summed E-state index contributed by atoms with van der Waals surface area (Å²) in [4.78, 5) is 3.90. The maximum Gasteiger partial charge on any atom is 0.246 e.